The third-order valence-corrected chi connectivity index (χ3v) is 3.87. The Labute approximate surface area is 131 Å². The van der Waals surface area contributed by atoms with Crippen LogP contribution in [-0.2, 0) is 12.8 Å². The van der Waals surface area contributed by atoms with Crippen molar-refractivity contribution in [3.8, 4) is 0 Å². The molecule has 3 rings (SSSR count). The maximum atomic E-state index is 14.1. The van der Waals surface area contributed by atoms with Gasteiger partial charge >= 0.3 is 5.97 Å². The van der Waals surface area contributed by atoms with Crippen LogP contribution in [0.5, 0.6) is 0 Å². The molecule has 23 heavy (non-hydrogen) atoms. The van der Waals surface area contributed by atoms with Gasteiger partial charge in [0.1, 0.15) is 23.0 Å². The first-order chi connectivity index (χ1) is 11.0. The number of halogens is 2. The highest BCUT2D eigenvalue weighted by Crippen LogP contribution is 2.20. The lowest BCUT2D eigenvalue weighted by molar-refractivity contribution is 0.0687. The number of carboxylic acids is 1. The molecule has 0 unspecified atom stereocenters. The van der Waals surface area contributed by atoms with Crippen molar-refractivity contribution in [3.63, 3.8) is 0 Å². The van der Waals surface area contributed by atoms with Gasteiger partial charge in [-0.1, -0.05) is 12.1 Å². The third-order valence-electron chi connectivity index (χ3n) is 3.87. The molecular weight excluding hydrogens is 302 g/mol. The van der Waals surface area contributed by atoms with Crippen molar-refractivity contribution < 1.29 is 18.7 Å². The second-order valence-electron chi connectivity index (χ2n) is 5.32. The van der Waals surface area contributed by atoms with Crippen molar-refractivity contribution in [1.29, 1.82) is 0 Å². The van der Waals surface area contributed by atoms with E-state index in [1.165, 1.54) is 22.7 Å². The smallest absolute Gasteiger partial charge is 0.353 e. The molecule has 2 aromatic heterocycles. The van der Waals surface area contributed by atoms with Crippen molar-refractivity contribution in [2.75, 3.05) is 0 Å². The Balaban J connectivity index is 1.98. The Morgan fingerprint density at radius 1 is 1.22 bits per heavy atom. The fraction of sp³-hybridized carbons (Fsp3) is 0.176. The molecule has 0 fully saturated rings. The number of aromatic carboxylic acids is 1. The molecule has 118 valence electrons. The average molecular weight is 316 g/mol. The molecule has 6 heteroatoms. The van der Waals surface area contributed by atoms with Crippen LogP contribution in [-0.4, -0.2) is 20.5 Å². The van der Waals surface area contributed by atoms with E-state index in [1.54, 1.807) is 25.3 Å². The van der Waals surface area contributed by atoms with Gasteiger partial charge in [0.2, 0.25) is 0 Å². The predicted octanol–water partition coefficient (Wildman–Crippen LogP) is 3.40. The van der Waals surface area contributed by atoms with Gasteiger partial charge in [-0.2, -0.15) is 0 Å². The van der Waals surface area contributed by atoms with Gasteiger partial charge < -0.3 is 5.11 Å². The third kappa shape index (κ3) is 2.67. The Kier molecular flexibility index (Phi) is 3.82. The van der Waals surface area contributed by atoms with E-state index in [1.807, 2.05) is 0 Å². The van der Waals surface area contributed by atoms with Crippen molar-refractivity contribution in [2.24, 2.45) is 0 Å². The predicted molar refractivity (Wildman–Crippen MR) is 80.7 cm³/mol. The standard InChI is InChI=1S/C17H14F2N2O2/c1-10-2-6-13(18)12(15(10)19)5-3-11-4-7-14-20-8-9-21(14)16(11)17(22)23/h2,4,6-9H,3,5H2,1H3,(H,22,23). The Morgan fingerprint density at radius 2 is 2.00 bits per heavy atom. The zero-order valence-corrected chi connectivity index (χ0v) is 12.4. The number of carbonyl (C=O) groups is 1. The van der Waals surface area contributed by atoms with Crippen LogP contribution in [0.4, 0.5) is 8.78 Å². The summed E-state index contributed by atoms with van der Waals surface area (Å²) in [5.74, 6) is -2.30. The van der Waals surface area contributed by atoms with E-state index >= 15 is 0 Å². The minimum atomic E-state index is -1.10. The lowest BCUT2D eigenvalue weighted by atomic mass is 10.0. The molecule has 0 aliphatic heterocycles. The highest BCUT2D eigenvalue weighted by atomic mass is 19.1. The zero-order chi connectivity index (χ0) is 16.6. The summed E-state index contributed by atoms with van der Waals surface area (Å²) >= 11 is 0. The van der Waals surface area contributed by atoms with Crippen molar-refractivity contribution in [3.05, 3.63) is 70.7 Å². The topological polar surface area (TPSA) is 54.6 Å². The molecule has 2 heterocycles. The minimum Gasteiger partial charge on any atom is -0.477 e. The van der Waals surface area contributed by atoms with Crippen LogP contribution in [0.2, 0.25) is 0 Å². The largest absolute Gasteiger partial charge is 0.477 e. The Hall–Kier alpha value is -2.76. The first-order valence-electron chi connectivity index (χ1n) is 7.10. The van der Waals surface area contributed by atoms with E-state index in [9.17, 15) is 18.7 Å². The highest BCUT2D eigenvalue weighted by Gasteiger charge is 2.17. The number of hydrogen-bond donors (Lipinski definition) is 1. The van der Waals surface area contributed by atoms with Gasteiger partial charge in [0.25, 0.3) is 0 Å². The monoisotopic (exact) mass is 316 g/mol. The van der Waals surface area contributed by atoms with Crippen LogP contribution in [0, 0.1) is 18.6 Å². The minimum absolute atomic E-state index is 0.0212. The lowest BCUT2D eigenvalue weighted by Crippen LogP contribution is -2.11. The Bertz CT molecular complexity index is 903. The lowest BCUT2D eigenvalue weighted by Gasteiger charge is -2.10. The van der Waals surface area contributed by atoms with E-state index in [-0.39, 0.29) is 24.1 Å². The van der Waals surface area contributed by atoms with Gasteiger partial charge in [-0.3, -0.25) is 4.40 Å². The number of fused-ring (bicyclic) bond motifs is 1. The Morgan fingerprint density at radius 3 is 2.74 bits per heavy atom. The second-order valence-corrected chi connectivity index (χ2v) is 5.32. The van der Waals surface area contributed by atoms with E-state index < -0.39 is 17.6 Å². The molecule has 0 aliphatic carbocycles. The summed E-state index contributed by atoms with van der Waals surface area (Å²) in [6.45, 7) is 1.57. The first kappa shape index (κ1) is 15.1. The molecule has 1 aromatic carbocycles. The number of pyridine rings is 1. The van der Waals surface area contributed by atoms with E-state index in [4.69, 9.17) is 0 Å². The summed E-state index contributed by atoms with van der Waals surface area (Å²) < 4.78 is 29.3. The number of rotatable bonds is 4. The number of nitrogens with zero attached hydrogens (tertiary/aromatic N) is 2. The van der Waals surface area contributed by atoms with Gasteiger partial charge in [0.05, 0.1) is 0 Å². The quantitative estimate of drug-likeness (QED) is 0.802. The molecule has 0 saturated heterocycles. The van der Waals surface area contributed by atoms with E-state index in [0.29, 0.717) is 16.8 Å². The molecule has 0 radical (unpaired) electrons. The maximum absolute atomic E-state index is 14.1. The van der Waals surface area contributed by atoms with Gasteiger partial charge in [0, 0.05) is 18.0 Å². The van der Waals surface area contributed by atoms with E-state index in [2.05, 4.69) is 4.98 Å². The first-order valence-corrected chi connectivity index (χ1v) is 7.10. The van der Waals surface area contributed by atoms with Crippen molar-refractivity contribution in [1.82, 2.24) is 9.38 Å². The fourth-order valence-corrected chi connectivity index (χ4v) is 2.68. The van der Waals surface area contributed by atoms with Crippen LogP contribution in [0.1, 0.15) is 27.2 Å². The molecule has 0 saturated carbocycles. The van der Waals surface area contributed by atoms with Crippen LogP contribution >= 0.6 is 0 Å². The molecule has 0 amide bonds. The fourth-order valence-electron chi connectivity index (χ4n) is 2.68. The van der Waals surface area contributed by atoms with Crippen LogP contribution in [0.3, 0.4) is 0 Å². The number of carboxylic acid groups (broad SMARTS) is 1. The van der Waals surface area contributed by atoms with Crippen molar-refractivity contribution in [2.45, 2.75) is 19.8 Å². The number of hydrogen-bond acceptors (Lipinski definition) is 2. The van der Waals surface area contributed by atoms with Gasteiger partial charge in [-0.15, -0.1) is 0 Å². The summed E-state index contributed by atoms with van der Waals surface area (Å²) in [7, 11) is 0. The van der Waals surface area contributed by atoms with Crippen LogP contribution in [0.15, 0.2) is 36.7 Å². The normalized spacial score (nSPS) is 11.1. The number of benzene rings is 1. The zero-order valence-electron chi connectivity index (χ0n) is 12.4. The maximum Gasteiger partial charge on any atom is 0.353 e. The van der Waals surface area contributed by atoms with Gasteiger partial charge in [-0.05, 0) is 43.0 Å². The van der Waals surface area contributed by atoms with Gasteiger partial charge in [0.15, 0.2) is 0 Å². The summed E-state index contributed by atoms with van der Waals surface area (Å²) in [6.07, 6.45) is 3.36. The SMILES string of the molecule is Cc1ccc(F)c(CCc2ccc3nccn3c2C(=O)O)c1F. The number of aromatic nitrogens is 2. The average Bonchev–Trinajstić information content (AvgIpc) is 2.98. The molecule has 4 nitrogen and oxygen atoms in total. The summed E-state index contributed by atoms with van der Waals surface area (Å²) in [6, 6.07) is 5.93. The molecule has 1 N–H and O–H groups in total. The molecular formula is C17H14F2N2O2. The summed E-state index contributed by atoms with van der Waals surface area (Å²) in [4.78, 5) is 15.6. The van der Waals surface area contributed by atoms with Crippen LogP contribution < -0.4 is 0 Å². The molecule has 0 bridgehead atoms. The van der Waals surface area contributed by atoms with Gasteiger partial charge in [-0.25, -0.2) is 18.6 Å². The summed E-state index contributed by atoms with van der Waals surface area (Å²) in [5, 5.41) is 9.44. The highest BCUT2D eigenvalue weighted by molar-refractivity contribution is 5.88. The molecule has 0 spiro atoms. The van der Waals surface area contributed by atoms with Crippen LogP contribution in [0.25, 0.3) is 5.65 Å². The number of aryl methyl sites for hydroxylation is 2. The molecule has 0 aliphatic rings. The summed E-state index contributed by atoms with van der Waals surface area (Å²) in [5.41, 5.74) is 1.42. The molecule has 0 atom stereocenters. The second kappa shape index (κ2) is 5.79. The van der Waals surface area contributed by atoms with Crippen molar-refractivity contribution >= 4 is 11.6 Å². The molecule has 3 aromatic rings. The van der Waals surface area contributed by atoms with E-state index in [0.717, 1.165) is 0 Å². The number of imidazole rings is 1.